The normalized spacial score (nSPS) is 12.5. The van der Waals surface area contributed by atoms with Gasteiger partial charge in [0.15, 0.2) is 5.58 Å². The van der Waals surface area contributed by atoms with E-state index in [0.717, 1.165) is 0 Å². The van der Waals surface area contributed by atoms with Gasteiger partial charge in [-0.15, -0.1) is 0 Å². The zero-order valence-corrected chi connectivity index (χ0v) is 10.9. The summed E-state index contributed by atoms with van der Waals surface area (Å²) in [5.74, 6) is 0. The SMILES string of the molecule is COCC(CCO)Nc1nc2ccc([N+](=O)[O-])cc2o1. The maximum atomic E-state index is 10.7. The van der Waals surface area contributed by atoms with Crippen molar-refractivity contribution in [3.05, 3.63) is 28.3 Å². The van der Waals surface area contributed by atoms with Gasteiger partial charge in [-0.3, -0.25) is 10.1 Å². The quantitative estimate of drug-likeness (QED) is 0.585. The van der Waals surface area contributed by atoms with E-state index in [9.17, 15) is 10.1 Å². The third kappa shape index (κ3) is 3.22. The molecule has 1 aromatic heterocycles. The highest BCUT2D eigenvalue weighted by molar-refractivity contribution is 5.77. The van der Waals surface area contributed by atoms with E-state index in [1.54, 1.807) is 7.11 Å². The van der Waals surface area contributed by atoms with Crippen LogP contribution in [0.3, 0.4) is 0 Å². The average molecular weight is 281 g/mol. The number of benzene rings is 1. The van der Waals surface area contributed by atoms with Crippen LogP contribution in [0.25, 0.3) is 11.1 Å². The van der Waals surface area contributed by atoms with Crippen LogP contribution in [0.2, 0.25) is 0 Å². The molecule has 1 aromatic carbocycles. The second-order valence-electron chi connectivity index (χ2n) is 4.24. The van der Waals surface area contributed by atoms with Gasteiger partial charge in [-0.05, 0) is 12.5 Å². The molecule has 1 atom stereocenters. The first-order chi connectivity index (χ1) is 9.63. The maximum Gasteiger partial charge on any atom is 0.295 e. The Bertz CT molecular complexity index is 592. The standard InChI is InChI=1S/C12H15N3O5/c1-19-7-8(4-5-16)13-12-14-10-3-2-9(15(17)18)6-11(10)20-12/h2-3,6,8,16H,4-5,7H2,1H3,(H,13,14). The number of methoxy groups -OCH3 is 1. The number of aliphatic hydroxyl groups is 1. The number of hydrogen-bond acceptors (Lipinski definition) is 7. The third-order valence-corrected chi connectivity index (χ3v) is 2.76. The van der Waals surface area contributed by atoms with Crippen LogP contribution in [0.4, 0.5) is 11.7 Å². The first-order valence-corrected chi connectivity index (χ1v) is 6.05. The van der Waals surface area contributed by atoms with E-state index < -0.39 is 4.92 Å². The number of hydrogen-bond donors (Lipinski definition) is 2. The highest BCUT2D eigenvalue weighted by atomic mass is 16.6. The topological polar surface area (TPSA) is 111 Å². The number of nitro benzene ring substituents is 1. The van der Waals surface area contributed by atoms with Gasteiger partial charge in [-0.25, -0.2) is 0 Å². The molecule has 108 valence electrons. The minimum absolute atomic E-state index is 0.00667. The Morgan fingerprint density at radius 1 is 1.60 bits per heavy atom. The second kappa shape index (κ2) is 6.31. The largest absolute Gasteiger partial charge is 0.423 e. The van der Waals surface area contributed by atoms with Gasteiger partial charge in [0.1, 0.15) is 5.52 Å². The molecule has 0 saturated carbocycles. The Labute approximate surface area is 114 Å². The first kappa shape index (κ1) is 14.2. The molecule has 0 aliphatic carbocycles. The molecule has 0 aliphatic heterocycles. The summed E-state index contributed by atoms with van der Waals surface area (Å²) in [5, 5.41) is 22.6. The number of rotatable bonds is 7. The Morgan fingerprint density at radius 2 is 2.40 bits per heavy atom. The predicted octanol–water partition coefficient (Wildman–Crippen LogP) is 1.55. The monoisotopic (exact) mass is 281 g/mol. The Balaban J connectivity index is 2.20. The van der Waals surface area contributed by atoms with Crippen molar-refractivity contribution in [1.82, 2.24) is 4.98 Å². The molecule has 2 aromatic rings. The summed E-state index contributed by atoms with van der Waals surface area (Å²) >= 11 is 0. The van der Waals surface area contributed by atoms with Gasteiger partial charge >= 0.3 is 0 Å². The number of fused-ring (bicyclic) bond motifs is 1. The van der Waals surface area contributed by atoms with Crippen LogP contribution in [0.15, 0.2) is 22.6 Å². The van der Waals surface area contributed by atoms with E-state index in [0.29, 0.717) is 24.1 Å². The Kier molecular flexibility index (Phi) is 4.49. The van der Waals surface area contributed by atoms with Crippen molar-refractivity contribution >= 4 is 22.8 Å². The molecular formula is C12H15N3O5. The predicted molar refractivity (Wildman–Crippen MR) is 71.7 cm³/mol. The molecule has 0 spiro atoms. The van der Waals surface area contributed by atoms with E-state index in [4.69, 9.17) is 14.3 Å². The summed E-state index contributed by atoms with van der Waals surface area (Å²) in [6.07, 6.45) is 0.479. The van der Waals surface area contributed by atoms with E-state index in [2.05, 4.69) is 10.3 Å². The zero-order valence-electron chi connectivity index (χ0n) is 10.9. The molecule has 0 aliphatic rings. The second-order valence-corrected chi connectivity index (χ2v) is 4.24. The van der Waals surface area contributed by atoms with Crippen molar-refractivity contribution in [3.8, 4) is 0 Å². The van der Waals surface area contributed by atoms with Crippen LogP contribution >= 0.6 is 0 Å². The summed E-state index contributed by atoms with van der Waals surface area (Å²) in [4.78, 5) is 14.4. The van der Waals surface area contributed by atoms with Gasteiger partial charge in [0, 0.05) is 19.8 Å². The van der Waals surface area contributed by atoms with Crippen LogP contribution in [0.5, 0.6) is 0 Å². The fourth-order valence-electron chi connectivity index (χ4n) is 1.82. The lowest BCUT2D eigenvalue weighted by Gasteiger charge is -2.14. The molecule has 1 heterocycles. The molecule has 8 nitrogen and oxygen atoms in total. The minimum Gasteiger partial charge on any atom is -0.423 e. The molecule has 0 saturated heterocycles. The lowest BCUT2D eigenvalue weighted by molar-refractivity contribution is -0.384. The van der Waals surface area contributed by atoms with Crippen molar-refractivity contribution < 1.29 is 19.2 Å². The number of aliphatic hydroxyl groups excluding tert-OH is 1. The maximum absolute atomic E-state index is 10.7. The molecule has 0 amide bonds. The lowest BCUT2D eigenvalue weighted by Crippen LogP contribution is -2.26. The summed E-state index contributed by atoms with van der Waals surface area (Å²) in [6.45, 7) is 0.395. The van der Waals surface area contributed by atoms with Crippen molar-refractivity contribution in [2.75, 3.05) is 25.6 Å². The van der Waals surface area contributed by atoms with Crippen molar-refractivity contribution in [2.45, 2.75) is 12.5 Å². The molecule has 2 rings (SSSR count). The van der Waals surface area contributed by atoms with E-state index in [1.165, 1.54) is 18.2 Å². The van der Waals surface area contributed by atoms with Gasteiger partial charge in [-0.1, -0.05) is 0 Å². The molecule has 1 unspecified atom stereocenters. The first-order valence-electron chi connectivity index (χ1n) is 6.05. The van der Waals surface area contributed by atoms with E-state index >= 15 is 0 Å². The molecule has 20 heavy (non-hydrogen) atoms. The van der Waals surface area contributed by atoms with Gasteiger partial charge < -0.3 is 19.6 Å². The number of anilines is 1. The van der Waals surface area contributed by atoms with Crippen LogP contribution in [0.1, 0.15) is 6.42 Å². The summed E-state index contributed by atoms with van der Waals surface area (Å²) in [6, 6.07) is 4.32. The highest BCUT2D eigenvalue weighted by Gasteiger charge is 2.14. The fourth-order valence-corrected chi connectivity index (χ4v) is 1.82. The highest BCUT2D eigenvalue weighted by Crippen LogP contribution is 2.24. The number of non-ortho nitro benzene ring substituents is 1. The lowest BCUT2D eigenvalue weighted by atomic mass is 10.2. The van der Waals surface area contributed by atoms with Gasteiger partial charge in [-0.2, -0.15) is 4.98 Å². The molecule has 0 radical (unpaired) electrons. The van der Waals surface area contributed by atoms with Crippen LogP contribution in [-0.2, 0) is 4.74 Å². The van der Waals surface area contributed by atoms with Crippen LogP contribution < -0.4 is 5.32 Å². The number of aromatic nitrogens is 1. The van der Waals surface area contributed by atoms with E-state index in [-0.39, 0.29) is 24.4 Å². The zero-order chi connectivity index (χ0) is 14.5. The van der Waals surface area contributed by atoms with Crippen LogP contribution in [0, 0.1) is 10.1 Å². The Hall–Kier alpha value is -2.19. The van der Waals surface area contributed by atoms with E-state index in [1.807, 2.05) is 0 Å². The van der Waals surface area contributed by atoms with Gasteiger partial charge in [0.2, 0.25) is 0 Å². The van der Waals surface area contributed by atoms with Gasteiger partial charge in [0.05, 0.1) is 23.6 Å². The molecule has 8 heteroatoms. The molecule has 0 bridgehead atoms. The molecule has 2 N–H and O–H groups in total. The van der Waals surface area contributed by atoms with Crippen molar-refractivity contribution in [1.29, 1.82) is 0 Å². The van der Waals surface area contributed by atoms with Crippen molar-refractivity contribution in [2.24, 2.45) is 0 Å². The average Bonchev–Trinajstić information content (AvgIpc) is 2.80. The summed E-state index contributed by atoms with van der Waals surface area (Å²) in [5.41, 5.74) is 0.809. The number of oxazole rings is 1. The molecular weight excluding hydrogens is 266 g/mol. The van der Waals surface area contributed by atoms with Crippen LogP contribution in [-0.4, -0.2) is 41.4 Å². The van der Waals surface area contributed by atoms with Gasteiger partial charge in [0.25, 0.3) is 11.7 Å². The smallest absolute Gasteiger partial charge is 0.295 e. The fraction of sp³-hybridized carbons (Fsp3) is 0.417. The molecule has 0 fully saturated rings. The number of nitrogens with zero attached hydrogens (tertiary/aromatic N) is 2. The Morgan fingerprint density at radius 3 is 3.05 bits per heavy atom. The summed E-state index contributed by atoms with van der Waals surface area (Å²) < 4.78 is 10.4. The number of nitrogens with one attached hydrogen (secondary N) is 1. The number of nitro groups is 1. The van der Waals surface area contributed by atoms with Crippen molar-refractivity contribution in [3.63, 3.8) is 0 Å². The third-order valence-electron chi connectivity index (χ3n) is 2.76. The summed E-state index contributed by atoms with van der Waals surface area (Å²) in [7, 11) is 1.56. The number of ether oxygens (including phenoxy) is 1. The minimum atomic E-state index is -0.492.